The third-order valence-corrected chi connectivity index (χ3v) is 5.97. The minimum atomic E-state index is -0.398. The third kappa shape index (κ3) is 3.55. The molecule has 0 saturated carbocycles. The van der Waals surface area contributed by atoms with Gasteiger partial charge >= 0.3 is 0 Å². The van der Waals surface area contributed by atoms with Crippen molar-refractivity contribution in [3.05, 3.63) is 46.8 Å². The molecule has 3 heterocycles. The van der Waals surface area contributed by atoms with Crippen molar-refractivity contribution >= 4 is 11.9 Å². The molecule has 0 aliphatic carbocycles. The van der Waals surface area contributed by atoms with Crippen molar-refractivity contribution in [3.8, 4) is 5.75 Å². The number of nitrogen functional groups attached to an aromatic ring is 1. The molecule has 0 bridgehead atoms. The van der Waals surface area contributed by atoms with E-state index in [4.69, 9.17) is 15.2 Å². The molecule has 2 N–H and O–H groups in total. The molecule has 1 amide bonds. The summed E-state index contributed by atoms with van der Waals surface area (Å²) in [7, 11) is 1.70. The number of rotatable bonds is 3. The lowest BCUT2D eigenvalue weighted by Crippen LogP contribution is -2.48. The number of benzene rings is 1. The number of anilines is 1. The second kappa shape index (κ2) is 7.63. The van der Waals surface area contributed by atoms with Crippen LogP contribution in [0.5, 0.6) is 5.75 Å². The Morgan fingerprint density at radius 2 is 2.03 bits per heavy atom. The topological polar surface area (TPSA) is 90.6 Å². The molecule has 7 heteroatoms. The highest BCUT2D eigenvalue weighted by atomic mass is 16.5. The Kier molecular flexibility index (Phi) is 5.17. The maximum atomic E-state index is 13.1. The van der Waals surface area contributed by atoms with Crippen LogP contribution in [0.15, 0.2) is 24.3 Å². The molecule has 2 aliphatic rings. The van der Waals surface area contributed by atoms with Crippen molar-refractivity contribution in [2.45, 2.75) is 44.6 Å². The highest BCUT2D eigenvalue weighted by molar-refractivity contribution is 5.92. The summed E-state index contributed by atoms with van der Waals surface area (Å²) in [6, 6.07) is 7.92. The van der Waals surface area contributed by atoms with Gasteiger partial charge in [-0.25, -0.2) is 9.97 Å². The van der Waals surface area contributed by atoms with E-state index in [1.165, 1.54) is 5.56 Å². The van der Waals surface area contributed by atoms with Gasteiger partial charge in [-0.15, -0.1) is 0 Å². The molecule has 1 aromatic heterocycles. The number of fused-ring (bicyclic) bond motifs is 2. The van der Waals surface area contributed by atoms with Crippen LogP contribution in [0, 0.1) is 0 Å². The van der Waals surface area contributed by atoms with E-state index in [1.807, 2.05) is 30.9 Å². The fourth-order valence-electron chi connectivity index (χ4n) is 4.42. The number of ether oxygens (including phenoxy) is 2. The van der Waals surface area contributed by atoms with E-state index in [2.05, 4.69) is 16.0 Å². The van der Waals surface area contributed by atoms with Gasteiger partial charge in [-0.3, -0.25) is 4.79 Å². The predicted octanol–water partition coefficient (Wildman–Crippen LogP) is 2.90. The number of nitrogens with two attached hydrogens (primary N) is 1. The number of hydrogen-bond donors (Lipinski definition) is 1. The molecule has 154 valence electrons. The van der Waals surface area contributed by atoms with E-state index in [0.29, 0.717) is 25.4 Å². The second-order valence-corrected chi connectivity index (χ2v) is 8.07. The van der Waals surface area contributed by atoms with Gasteiger partial charge < -0.3 is 20.1 Å². The highest BCUT2D eigenvalue weighted by Gasteiger charge is 2.43. The van der Waals surface area contributed by atoms with Gasteiger partial charge in [0.25, 0.3) is 5.91 Å². The molecule has 2 aliphatic heterocycles. The SMILES string of the molecule is COc1cccc2c1C1(CCN(C(=O)c3cc(C(C)C)nc(N)n3)CC1)OCC2. The number of methoxy groups -OCH3 is 1. The van der Waals surface area contributed by atoms with Crippen LogP contribution in [0.25, 0.3) is 0 Å². The van der Waals surface area contributed by atoms with Crippen LogP contribution in [0.4, 0.5) is 5.95 Å². The first kappa shape index (κ1) is 19.6. The number of carbonyl (C=O) groups excluding carboxylic acids is 1. The predicted molar refractivity (Wildman–Crippen MR) is 110 cm³/mol. The van der Waals surface area contributed by atoms with Crippen LogP contribution < -0.4 is 10.5 Å². The molecule has 0 radical (unpaired) electrons. The normalized spacial score (nSPS) is 18.0. The average Bonchev–Trinajstić information content (AvgIpc) is 2.73. The Morgan fingerprint density at radius 1 is 1.28 bits per heavy atom. The second-order valence-electron chi connectivity index (χ2n) is 8.07. The van der Waals surface area contributed by atoms with E-state index in [9.17, 15) is 4.79 Å². The summed E-state index contributed by atoms with van der Waals surface area (Å²) in [5.74, 6) is 1.08. The molecule has 1 spiro atoms. The fraction of sp³-hybridized carbons (Fsp3) is 0.500. The molecule has 4 rings (SSSR count). The fourth-order valence-corrected chi connectivity index (χ4v) is 4.42. The summed E-state index contributed by atoms with van der Waals surface area (Å²) in [6.45, 7) is 5.92. The van der Waals surface area contributed by atoms with Gasteiger partial charge in [-0.2, -0.15) is 0 Å². The summed E-state index contributed by atoms with van der Waals surface area (Å²) >= 11 is 0. The monoisotopic (exact) mass is 396 g/mol. The maximum absolute atomic E-state index is 13.1. The van der Waals surface area contributed by atoms with Crippen molar-refractivity contribution in [2.75, 3.05) is 32.5 Å². The molecule has 0 unspecified atom stereocenters. The number of piperidine rings is 1. The molecule has 29 heavy (non-hydrogen) atoms. The van der Waals surface area contributed by atoms with E-state index in [1.54, 1.807) is 13.2 Å². The van der Waals surface area contributed by atoms with Crippen molar-refractivity contribution < 1.29 is 14.3 Å². The lowest BCUT2D eigenvalue weighted by atomic mass is 9.78. The molecule has 7 nitrogen and oxygen atoms in total. The lowest BCUT2D eigenvalue weighted by molar-refractivity contribution is -0.0947. The minimum Gasteiger partial charge on any atom is -0.496 e. The van der Waals surface area contributed by atoms with Gasteiger partial charge in [0.2, 0.25) is 5.95 Å². The average molecular weight is 396 g/mol. The van der Waals surface area contributed by atoms with Crippen molar-refractivity contribution in [1.82, 2.24) is 14.9 Å². The summed E-state index contributed by atoms with van der Waals surface area (Å²) in [4.78, 5) is 23.3. The van der Waals surface area contributed by atoms with E-state index in [-0.39, 0.29) is 17.8 Å². The minimum absolute atomic E-state index is 0.105. The molecule has 1 fully saturated rings. The van der Waals surface area contributed by atoms with Crippen LogP contribution in [0.1, 0.15) is 59.9 Å². The largest absolute Gasteiger partial charge is 0.496 e. The van der Waals surface area contributed by atoms with Gasteiger partial charge in [0, 0.05) is 24.3 Å². The van der Waals surface area contributed by atoms with Crippen LogP contribution in [0.2, 0.25) is 0 Å². The van der Waals surface area contributed by atoms with E-state index >= 15 is 0 Å². The number of carbonyl (C=O) groups is 1. The number of hydrogen-bond acceptors (Lipinski definition) is 6. The maximum Gasteiger partial charge on any atom is 0.272 e. The smallest absolute Gasteiger partial charge is 0.272 e. The zero-order chi connectivity index (χ0) is 20.6. The summed E-state index contributed by atoms with van der Waals surface area (Å²) in [5.41, 5.74) is 9.00. The van der Waals surface area contributed by atoms with Crippen LogP contribution >= 0.6 is 0 Å². The van der Waals surface area contributed by atoms with Crippen LogP contribution in [0.3, 0.4) is 0 Å². The standard InChI is InChI=1S/C22H28N4O3/c1-14(2)16-13-17(25-21(23)24-16)20(27)26-10-8-22(9-11-26)19-15(7-12-29-22)5-4-6-18(19)28-3/h4-6,13-14H,7-12H2,1-3H3,(H2,23,24,25). The number of likely N-dealkylation sites (tertiary alicyclic amines) is 1. The van der Waals surface area contributed by atoms with E-state index < -0.39 is 5.60 Å². The molecule has 1 saturated heterocycles. The summed E-state index contributed by atoms with van der Waals surface area (Å²) in [5, 5.41) is 0. The van der Waals surface area contributed by atoms with Gasteiger partial charge in [-0.1, -0.05) is 26.0 Å². The van der Waals surface area contributed by atoms with Gasteiger partial charge in [0.05, 0.1) is 13.7 Å². The van der Waals surface area contributed by atoms with Crippen molar-refractivity contribution in [2.24, 2.45) is 0 Å². The Labute approximate surface area is 171 Å². The van der Waals surface area contributed by atoms with Crippen molar-refractivity contribution in [3.63, 3.8) is 0 Å². The Morgan fingerprint density at radius 3 is 2.72 bits per heavy atom. The number of amides is 1. The molecular weight excluding hydrogens is 368 g/mol. The van der Waals surface area contributed by atoms with Crippen LogP contribution in [-0.4, -0.2) is 47.6 Å². The highest BCUT2D eigenvalue weighted by Crippen LogP contribution is 2.45. The molecular formula is C22H28N4O3. The zero-order valence-corrected chi connectivity index (χ0v) is 17.3. The Bertz CT molecular complexity index is 906. The zero-order valence-electron chi connectivity index (χ0n) is 17.3. The molecule has 0 atom stereocenters. The number of aromatic nitrogens is 2. The van der Waals surface area contributed by atoms with Gasteiger partial charge in [0.1, 0.15) is 17.0 Å². The van der Waals surface area contributed by atoms with Crippen molar-refractivity contribution in [1.29, 1.82) is 0 Å². The number of nitrogens with zero attached hydrogens (tertiary/aromatic N) is 3. The summed E-state index contributed by atoms with van der Waals surface area (Å²) < 4.78 is 12.0. The quantitative estimate of drug-likeness (QED) is 0.858. The first-order valence-corrected chi connectivity index (χ1v) is 10.2. The first-order valence-electron chi connectivity index (χ1n) is 10.2. The Balaban J connectivity index is 1.56. The third-order valence-electron chi connectivity index (χ3n) is 5.97. The van der Waals surface area contributed by atoms with Crippen LogP contribution in [-0.2, 0) is 16.8 Å². The van der Waals surface area contributed by atoms with E-state index in [0.717, 1.165) is 36.3 Å². The lowest BCUT2D eigenvalue weighted by Gasteiger charge is -2.45. The Hall–Kier alpha value is -2.67. The molecule has 1 aromatic carbocycles. The first-order chi connectivity index (χ1) is 13.9. The molecule has 2 aromatic rings. The van der Waals surface area contributed by atoms with Gasteiger partial charge in [-0.05, 0) is 42.9 Å². The summed E-state index contributed by atoms with van der Waals surface area (Å²) in [6.07, 6.45) is 2.34. The van der Waals surface area contributed by atoms with Gasteiger partial charge in [0.15, 0.2) is 0 Å².